The predicted octanol–water partition coefficient (Wildman–Crippen LogP) is 2.13. The van der Waals surface area contributed by atoms with Crippen LogP contribution in [0.15, 0.2) is 5.38 Å². The molecular weight excluding hydrogens is 330 g/mol. The molecular formula is C16H23N3O4S. The lowest BCUT2D eigenvalue weighted by Gasteiger charge is -2.26. The Morgan fingerprint density at radius 2 is 2.04 bits per heavy atom. The highest BCUT2D eigenvalue weighted by Gasteiger charge is 2.38. The molecule has 1 atom stereocenters. The molecule has 7 nitrogen and oxygen atoms in total. The molecule has 2 N–H and O–H groups in total. The first kappa shape index (κ1) is 18.4. The third-order valence-corrected chi connectivity index (χ3v) is 4.60. The Hall–Kier alpha value is -1.96. The van der Waals surface area contributed by atoms with Gasteiger partial charge >= 0.3 is 5.97 Å². The van der Waals surface area contributed by atoms with E-state index in [9.17, 15) is 14.4 Å². The number of amides is 2. The summed E-state index contributed by atoms with van der Waals surface area (Å²) in [5, 5.41) is 14.1. The van der Waals surface area contributed by atoms with Crippen LogP contribution in [0.5, 0.6) is 0 Å². The monoisotopic (exact) mass is 353 g/mol. The molecule has 2 amide bonds. The number of carboxylic acid groups (broad SMARTS) is 1. The van der Waals surface area contributed by atoms with E-state index in [1.165, 1.54) is 23.2 Å². The number of carboxylic acids is 1. The van der Waals surface area contributed by atoms with Gasteiger partial charge in [0.15, 0.2) is 5.13 Å². The van der Waals surface area contributed by atoms with Crippen molar-refractivity contribution in [2.24, 2.45) is 5.41 Å². The zero-order valence-corrected chi connectivity index (χ0v) is 15.1. The second-order valence-electron chi connectivity index (χ2n) is 7.07. The quantitative estimate of drug-likeness (QED) is 0.816. The predicted molar refractivity (Wildman–Crippen MR) is 90.9 cm³/mol. The van der Waals surface area contributed by atoms with Crippen molar-refractivity contribution >= 4 is 34.3 Å². The van der Waals surface area contributed by atoms with Gasteiger partial charge < -0.3 is 15.3 Å². The van der Waals surface area contributed by atoms with E-state index in [1.54, 1.807) is 26.2 Å². The molecule has 0 radical (unpaired) electrons. The van der Waals surface area contributed by atoms with Crippen molar-refractivity contribution in [2.75, 3.05) is 5.32 Å². The van der Waals surface area contributed by atoms with Crippen molar-refractivity contribution in [3.05, 3.63) is 11.1 Å². The molecule has 1 heterocycles. The van der Waals surface area contributed by atoms with Gasteiger partial charge in [0, 0.05) is 16.8 Å². The van der Waals surface area contributed by atoms with E-state index in [4.69, 9.17) is 5.11 Å². The molecule has 1 aliphatic carbocycles. The highest BCUT2D eigenvalue weighted by atomic mass is 32.1. The van der Waals surface area contributed by atoms with Gasteiger partial charge in [0.1, 0.15) is 6.04 Å². The van der Waals surface area contributed by atoms with Crippen LogP contribution in [0.1, 0.15) is 46.2 Å². The second kappa shape index (κ2) is 6.88. The summed E-state index contributed by atoms with van der Waals surface area (Å²) < 4.78 is 0. The summed E-state index contributed by atoms with van der Waals surface area (Å²) in [5.74, 6) is -1.40. The van der Waals surface area contributed by atoms with Gasteiger partial charge in [-0.25, -0.2) is 9.78 Å². The molecule has 1 unspecified atom stereocenters. The van der Waals surface area contributed by atoms with Crippen molar-refractivity contribution in [3.63, 3.8) is 0 Å². The van der Waals surface area contributed by atoms with Crippen LogP contribution in [-0.4, -0.2) is 44.9 Å². The van der Waals surface area contributed by atoms with Crippen LogP contribution in [0.3, 0.4) is 0 Å². The minimum atomic E-state index is -1.01. The normalized spacial score (nSPS) is 15.7. The highest BCUT2D eigenvalue weighted by Crippen LogP contribution is 2.30. The average molecular weight is 353 g/mol. The van der Waals surface area contributed by atoms with Gasteiger partial charge in [-0.1, -0.05) is 20.8 Å². The fourth-order valence-electron chi connectivity index (χ4n) is 2.18. The molecule has 1 aliphatic rings. The Morgan fingerprint density at radius 3 is 2.54 bits per heavy atom. The number of thiazole rings is 1. The maximum absolute atomic E-state index is 12.5. The van der Waals surface area contributed by atoms with Gasteiger partial charge in [-0.15, -0.1) is 11.3 Å². The number of nitrogens with zero attached hydrogens (tertiary/aromatic N) is 2. The Morgan fingerprint density at radius 1 is 1.42 bits per heavy atom. The van der Waals surface area contributed by atoms with Gasteiger partial charge in [0.05, 0.1) is 12.1 Å². The molecule has 132 valence electrons. The van der Waals surface area contributed by atoms with Gasteiger partial charge in [-0.2, -0.15) is 0 Å². The lowest BCUT2D eigenvalue weighted by atomic mass is 9.96. The molecule has 1 aromatic heterocycles. The maximum atomic E-state index is 12.5. The summed E-state index contributed by atoms with van der Waals surface area (Å²) in [6, 6.07) is -0.828. The van der Waals surface area contributed by atoms with E-state index in [0.717, 1.165) is 12.8 Å². The Kier molecular flexibility index (Phi) is 5.27. The van der Waals surface area contributed by atoms with Crippen molar-refractivity contribution in [1.29, 1.82) is 0 Å². The van der Waals surface area contributed by atoms with Crippen molar-refractivity contribution in [2.45, 2.75) is 59.0 Å². The Labute approximate surface area is 145 Å². The molecule has 8 heteroatoms. The zero-order chi connectivity index (χ0) is 18.1. The summed E-state index contributed by atoms with van der Waals surface area (Å²) in [7, 11) is 0. The average Bonchev–Trinajstić information content (AvgIpc) is 3.19. The van der Waals surface area contributed by atoms with Crippen molar-refractivity contribution < 1.29 is 19.5 Å². The third-order valence-electron chi connectivity index (χ3n) is 3.79. The summed E-state index contributed by atoms with van der Waals surface area (Å²) in [4.78, 5) is 41.3. The van der Waals surface area contributed by atoms with Gasteiger partial charge in [0.25, 0.3) is 0 Å². The van der Waals surface area contributed by atoms with E-state index >= 15 is 0 Å². The molecule has 1 saturated carbocycles. The molecule has 0 aromatic carbocycles. The first-order valence-corrected chi connectivity index (χ1v) is 8.77. The summed E-state index contributed by atoms with van der Waals surface area (Å²) in [6.07, 6.45) is 1.72. The fraction of sp³-hybridized carbons (Fsp3) is 0.625. The van der Waals surface area contributed by atoms with Crippen LogP contribution in [0.25, 0.3) is 0 Å². The van der Waals surface area contributed by atoms with Crippen LogP contribution >= 0.6 is 11.3 Å². The van der Waals surface area contributed by atoms with Gasteiger partial charge in [0.2, 0.25) is 11.8 Å². The Bertz CT molecular complexity index is 646. The van der Waals surface area contributed by atoms with Gasteiger partial charge in [-0.3, -0.25) is 9.59 Å². The molecule has 0 saturated heterocycles. The first-order valence-electron chi connectivity index (χ1n) is 7.89. The van der Waals surface area contributed by atoms with Crippen LogP contribution in [0, 0.1) is 5.41 Å². The Balaban J connectivity index is 2.01. The molecule has 0 spiro atoms. The number of carbonyl (C=O) groups excluding carboxylic acids is 2. The summed E-state index contributed by atoms with van der Waals surface area (Å²) in [5.41, 5.74) is 0.0129. The number of aromatic nitrogens is 1. The largest absolute Gasteiger partial charge is 0.480 e. The van der Waals surface area contributed by atoms with E-state index in [1.807, 2.05) is 0 Å². The van der Waals surface area contributed by atoms with Crippen LogP contribution in [0.4, 0.5) is 5.13 Å². The lowest BCUT2D eigenvalue weighted by Crippen LogP contribution is -2.45. The second-order valence-corrected chi connectivity index (χ2v) is 7.93. The molecule has 24 heavy (non-hydrogen) atoms. The topological polar surface area (TPSA) is 99.6 Å². The number of hydrogen-bond donors (Lipinski definition) is 2. The number of hydrogen-bond acceptors (Lipinski definition) is 5. The summed E-state index contributed by atoms with van der Waals surface area (Å²) in [6.45, 7) is 6.94. The van der Waals surface area contributed by atoms with E-state index in [-0.39, 0.29) is 24.3 Å². The first-order chi connectivity index (χ1) is 11.1. The highest BCUT2D eigenvalue weighted by molar-refractivity contribution is 7.13. The summed E-state index contributed by atoms with van der Waals surface area (Å²) >= 11 is 1.26. The molecule has 2 rings (SSSR count). The van der Waals surface area contributed by atoms with Crippen LogP contribution < -0.4 is 5.32 Å². The van der Waals surface area contributed by atoms with E-state index in [0.29, 0.717) is 10.8 Å². The smallest absolute Gasteiger partial charge is 0.326 e. The van der Waals surface area contributed by atoms with Crippen LogP contribution in [0.2, 0.25) is 0 Å². The maximum Gasteiger partial charge on any atom is 0.326 e. The lowest BCUT2D eigenvalue weighted by molar-refractivity contribution is -0.149. The minimum absolute atomic E-state index is 0.0160. The zero-order valence-electron chi connectivity index (χ0n) is 14.3. The van der Waals surface area contributed by atoms with Crippen LogP contribution in [-0.2, 0) is 20.8 Å². The van der Waals surface area contributed by atoms with Gasteiger partial charge in [-0.05, 0) is 19.8 Å². The minimum Gasteiger partial charge on any atom is -0.480 e. The van der Waals surface area contributed by atoms with Crippen molar-refractivity contribution in [1.82, 2.24) is 9.88 Å². The molecule has 1 aromatic rings. The SMILES string of the molecule is CC(C(=O)O)N(C(=O)Cc1csc(NC(=O)C(C)(C)C)n1)C1CC1. The number of aliphatic carboxylic acids is 1. The molecule has 0 bridgehead atoms. The molecule has 1 fully saturated rings. The standard InChI is InChI=1S/C16H23N3O4S/c1-9(13(21)22)19(11-5-6-11)12(20)7-10-8-24-15(17-10)18-14(23)16(2,3)4/h8-9,11H,5-7H2,1-4H3,(H,21,22)(H,17,18,23). The van der Waals surface area contributed by atoms with Crippen molar-refractivity contribution in [3.8, 4) is 0 Å². The van der Waals surface area contributed by atoms with E-state index in [2.05, 4.69) is 10.3 Å². The van der Waals surface area contributed by atoms with E-state index < -0.39 is 17.4 Å². The number of rotatable bonds is 6. The number of nitrogens with one attached hydrogen (secondary N) is 1. The third kappa shape index (κ3) is 4.53. The number of anilines is 1. The molecule has 0 aliphatic heterocycles. The fourth-order valence-corrected chi connectivity index (χ4v) is 2.89. The number of carbonyl (C=O) groups is 3.